The number of hydrogen-bond acceptors (Lipinski definition) is 17. The summed E-state index contributed by atoms with van der Waals surface area (Å²) in [5.74, 6) is -5.29. The van der Waals surface area contributed by atoms with Crippen LogP contribution in [0.2, 0.25) is 0 Å². The van der Waals surface area contributed by atoms with Gasteiger partial charge >= 0.3 is 15.6 Å². The van der Waals surface area contributed by atoms with Crippen molar-refractivity contribution < 1.29 is 93.9 Å². The van der Waals surface area contributed by atoms with Gasteiger partial charge in [-0.2, -0.15) is 32.1 Å². The van der Waals surface area contributed by atoms with E-state index in [9.17, 15) is 67.7 Å². The molecule has 2 atom stereocenters. The number of pyridine rings is 2. The molecule has 99 heavy (non-hydrogen) atoms. The Labute approximate surface area is 557 Å². The number of halogens is 9. The third-order valence-corrected chi connectivity index (χ3v) is 17.3. The molecule has 0 spiro atoms. The Morgan fingerprint density at radius 3 is 1.45 bits per heavy atom. The largest absolute Gasteiger partial charge is 0.522 e. The van der Waals surface area contributed by atoms with Crippen LogP contribution in [0.4, 0.5) is 51.1 Å². The molecule has 4 heterocycles. The van der Waals surface area contributed by atoms with E-state index in [4.69, 9.17) is 33.1 Å². The number of benzene rings is 7. The zero-order valence-electron chi connectivity index (χ0n) is 52.2. The highest BCUT2D eigenvalue weighted by molar-refractivity contribution is 7.93. The fourth-order valence-corrected chi connectivity index (χ4v) is 11.8. The molecular formula is C65H49F9N8O14S3. The summed E-state index contributed by atoms with van der Waals surface area (Å²) in [5.41, 5.74) is -6.79. The number of alkyl halides is 3. The first-order chi connectivity index (χ1) is 47.2. The SMILES string of the molecule is CC(C#N)Oc1cc(-c2cc(F)cc(F)c2)c(F)cc1-n1c(=O)ccc2cc(S(=O)(=O)Nc3ccon3)ccc21.COc1ccc(CN(c2ccon2)S(=O)(=O)c2ccc3c(ccc(=O)n3-c3cc(F)c(-c4cc(F)cc(F)c4)cc3OC(C)C#N)c2)cc1.O=S(=O)(O)C(F)(F)F.[2H]CC. The average molecular weight is 1430 g/mol. The molecule has 0 radical (unpaired) electrons. The highest BCUT2D eigenvalue weighted by Crippen LogP contribution is 2.38. The van der Waals surface area contributed by atoms with Crippen molar-refractivity contribution in [3.63, 3.8) is 0 Å². The average Bonchev–Trinajstić information content (AvgIpc) is 0.891. The Kier molecular flexibility index (Phi) is 22.0. The van der Waals surface area contributed by atoms with Gasteiger partial charge in [-0.1, -0.05) is 36.3 Å². The van der Waals surface area contributed by atoms with Gasteiger partial charge in [0.25, 0.3) is 31.2 Å². The van der Waals surface area contributed by atoms with Crippen molar-refractivity contribution >= 4 is 63.6 Å². The number of nitrogens with one attached hydrogen (secondary N) is 1. The Balaban J connectivity index is 0.000000225. The molecule has 2 unspecified atom stereocenters. The number of fused-ring (bicyclic) bond motifs is 2. The summed E-state index contributed by atoms with van der Waals surface area (Å²) in [6, 6.07) is 35.5. The van der Waals surface area contributed by atoms with Gasteiger partial charge in [-0.25, -0.2) is 47.5 Å². The lowest BCUT2D eigenvalue weighted by atomic mass is 10.0. The first-order valence-electron chi connectivity index (χ1n) is 28.8. The van der Waals surface area contributed by atoms with Crippen molar-refractivity contribution in [2.75, 3.05) is 16.1 Å². The van der Waals surface area contributed by atoms with Crippen LogP contribution in [0.1, 0.15) is 34.6 Å². The maximum atomic E-state index is 15.7. The first-order valence-corrected chi connectivity index (χ1v) is 32.4. The van der Waals surface area contributed by atoms with E-state index in [1.54, 1.807) is 31.2 Å². The summed E-state index contributed by atoms with van der Waals surface area (Å²) >= 11 is 0. The molecule has 11 aromatic rings. The molecule has 0 saturated carbocycles. The molecule has 34 heteroatoms. The summed E-state index contributed by atoms with van der Waals surface area (Å²) in [5, 5.41) is 26.7. The minimum Gasteiger partial charge on any atom is -0.497 e. The van der Waals surface area contributed by atoms with Crippen LogP contribution in [0.15, 0.2) is 199 Å². The van der Waals surface area contributed by atoms with Crippen molar-refractivity contribution in [2.24, 2.45) is 0 Å². The van der Waals surface area contributed by atoms with Crippen LogP contribution >= 0.6 is 0 Å². The summed E-state index contributed by atoms with van der Waals surface area (Å²) in [6.45, 7) is 5.03. The van der Waals surface area contributed by atoms with E-state index < -0.39 is 93.9 Å². The van der Waals surface area contributed by atoms with Crippen molar-refractivity contribution in [1.82, 2.24) is 19.4 Å². The van der Waals surface area contributed by atoms with Gasteiger partial charge in [0.15, 0.2) is 23.8 Å². The maximum Gasteiger partial charge on any atom is 0.522 e. The van der Waals surface area contributed by atoms with Gasteiger partial charge in [-0.3, -0.25) is 28.0 Å². The Morgan fingerprint density at radius 2 is 1.05 bits per heavy atom. The van der Waals surface area contributed by atoms with Gasteiger partial charge < -0.3 is 23.3 Å². The summed E-state index contributed by atoms with van der Waals surface area (Å²) in [4.78, 5) is 26.1. The molecule has 0 aliphatic carbocycles. The van der Waals surface area contributed by atoms with E-state index in [1.807, 2.05) is 12.1 Å². The van der Waals surface area contributed by atoms with Crippen LogP contribution < -0.4 is 34.4 Å². The minimum absolute atomic E-state index is 0.0306. The van der Waals surface area contributed by atoms with Gasteiger partial charge in [0.2, 0.25) is 0 Å². The number of nitriles is 2. The molecule has 4 aromatic heterocycles. The van der Waals surface area contributed by atoms with Crippen molar-refractivity contribution in [3.8, 4) is 63.0 Å². The molecule has 0 aliphatic rings. The molecule has 7 aromatic carbocycles. The molecule has 0 bridgehead atoms. The molecule has 0 fully saturated rings. The van der Waals surface area contributed by atoms with Crippen LogP contribution in [-0.2, 0) is 36.7 Å². The van der Waals surface area contributed by atoms with Crippen molar-refractivity contribution in [3.05, 3.63) is 231 Å². The number of aromatic nitrogens is 4. The van der Waals surface area contributed by atoms with Crippen molar-refractivity contribution in [1.29, 1.82) is 10.5 Å². The number of hydrogen-bond donors (Lipinski definition) is 2. The van der Waals surface area contributed by atoms with Crippen LogP contribution in [0.5, 0.6) is 17.2 Å². The molecule has 0 aliphatic heterocycles. The van der Waals surface area contributed by atoms with Crippen LogP contribution in [-0.4, -0.2) is 74.1 Å². The van der Waals surface area contributed by atoms with Gasteiger partial charge in [-0.05, 0) is 128 Å². The van der Waals surface area contributed by atoms with E-state index in [0.29, 0.717) is 35.7 Å². The predicted molar refractivity (Wildman–Crippen MR) is 340 cm³/mol. The first kappa shape index (κ1) is 71.8. The number of rotatable bonds is 17. The lowest BCUT2D eigenvalue weighted by Gasteiger charge is -2.22. The molecule has 22 nitrogen and oxygen atoms in total. The monoisotopic (exact) mass is 1430 g/mol. The summed E-state index contributed by atoms with van der Waals surface area (Å²) < 4.78 is 236. The van der Waals surface area contributed by atoms with E-state index >= 15 is 8.78 Å². The van der Waals surface area contributed by atoms with Gasteiger partial charge in [0.05, 0.1) is 45.9 Å². The zero-order chi connectivity index (χ0) is 73.2. The van der Waals surface area contributed by atoms with E-state index in [1.165, 1.54) is 94.1 Å². The Hall–Kier alpha value is -11.5. The van der Waals surface area contributed by atoms with E-state index in [-0.39, 0.29) is 89.5 Å². The van der Waals surface area contributed by atoms with Gasteiger partial charge in [0.1, 0.15) is 76.8 Å². The van der Waals surface area contributed by atoms with E-state index in [0.717, 1.165) is 74.1 Å². The summed E-state index contributed by atoms with van der Waals surface area (Å²) in [6.07, 6.45) is 0.314. The van der Waals surface area contributed by atoms with Crippen molar-refractivity contribution in [2.45, 2.75) is 61.7 Å². The Morgan fingerprint density at radius 1 is 0.616 bits per heavy atom. The number of anilines is 2. The minimum atomic E-state index is -5.84. The fraction of sp³-hybridized carbons (Fsp3) is 0.138. The maximum absolute atomic E-state index is 15.7. The van der Waals surface area contributed by atoms with Gasteiger partial charge in [0, 0.05) is 71.8 Å². The third kappa shape index (κ3) is 17.0. The predicted octanol–water partition coefficient (Wildman–Crippen LogP) is 13.3. The molecule has 11 rings (SSSR count). The van der Waals surface area contributed by atoms with E-state index in [2.05, 4.69) is 19.6 Å². The number of sulfonamides is 2. The Bertz CT molecular complexity index is 5370. The smallest absolute Gasteiger partial charge is 0.497 e. The topological polar surface area (TPSA) is 309 Å². The van der Waals surface area contributed by atoms with Crippen LogP contribution in [0, 0.1) is 57.6 Å². The third-order valence-electron chi connectivity index (χ3n) is 13.7. The number of nitrogens with zero attached hydrogens (tertiary/aromatic N) is 7. The second-order valence-corrected chi connectivity index (χ2v) is 25.2. The van der Waals surface area contributed by atoms with Gasteiger partial charge in [-0.15, -0.1) is 0 Å². The summed E-state index contributed by atoms with van der Waals surface area (Å²) in [7, 11) is -12.7. The zero-order valence-corrected chi connectivity index (χ0v) is 53.7. The molecule has 0 amide bonds. The normalized spacial score (nSPS) is 12.2. The number of methoxy groups -OCH3 is 1. The highest BCUT2D eigenvalue weighted by Gasteiger charge is 2.44. The second kappa shape index (κ2) is 30.3. The lowest BCUT2D eigenvalue weighted by Crippen LogP contribution is -2.31. The lowest BCUT2D eigenvalue weighted by molar-refractivity contribution is -0.0510. The fourth-order valence-electron chi connectivity index (χ4n) is 9.30. The molecule has 0 saturated heterocycles. The van der Waals surface area contributed by atoms with Crippen LogP contribution in [0.3, 0.4) is 0 Å². The van der Waals surface area contributed by atoms with Crippen LogP contribution in [0.25, 0.3) is 55.4 Å². The molecule has 514 valence electrons. The second-order valence-electron chi connectivity index (χ2n) is 20.3. The highest BCUT2D eigenvalue weighted by atomic mass is 32.2. The standard InChI is InChI=1S/C35H25F3N4O6S.C27H17F3N4O5S.C2H6.CHF3O3S/c1-21(19-39)48-33-17-29(24-13-25(36)16-26(37)14-24)30(38)18-32(33)42-31-9-8-28(15-23(31)5-10-35(42)43)49(44,45)41(34-11-12-47-40-34)20-22-3-6-27(46-2)7-4-22;1-15(14-31)39-25-12-21(17-8-18(28)11-19(29)9-17)22(30)13-24(25)34-23-4-3-20(10-16(23)2-5-27(34)35)40(36,37)33-26-6-7-38-32-26;1-2;2-1(3,4)8(5,6)7/h3-18,21H,20H2,1-2H3;2-13,15H,1H3,(H,32,33);1-2H3;(H,5,6,7)/i;;1D;. The molecule has 2 N–H and O–H groups in total. The molecular weight excluding hydrogens is 1380 g/mol. The number of ether oxygens (including phenoxy) is 3. The quantitative estimate of drug-likeness (QED) is 0.0486.